The third-order valence-corrected chi connectivity index (χ3v) is 3.01. The summed E-state index contributed by atoms with van der Waals surface area (Å²) in [6.45, 7) is 1.36. The molecule has 3 N–H and O–H groups in total. The van der Waals surface area contributed by atoms with Crippen molar-refractivity contribution in [1.29, 1.82) is 0 Å². The highest BCUT2D eigenvalue weighted by atomic mass is 32.2. The van der Waals surface area contributed by atoms with Crippen molar-refractivity contribution >= 4 is 29.7 Å². The third-order valence-electron chi connectivity index (χ3n) is 2.02. The average molecular weight is 282 g/mol. The first kappa shape index (κ1) is 15.0. The maximum Gasteiger partial charge on any atom is 0.318 e. The van der Waals surface area contributed by atoms with E-state index in [4.69, 9.17) is 10.5 Å². The fourth-order valence-electron chi connectivity index (χ4n) is 1.17. The van der Waals surface area contributed by atoms with E-state index in [1.54, 1.807) is 0 Å². The minimum Gasteiger partial charge on any atom is -0.452 e. The van der Waals surface area contributed by atoms with Crippen LogP contribution < -0.4 is 11.1 Å². The summed E-state index contributed by atoms with van der Waals surface area (Å²) in [6, 6.07) is 8.33. The third kappa shape index (κ3) is 5.91. The van der Waals surface area contributed by atoms with Crippen LogP contribution in [0.1, 0.15) is 6.92 Å². The molecule has 0 aliphatic rings. The molecule has 0 saturated heterocycles. The number of hydrogen-bond donors (Lipinski definition) is 2. The van der Waals surface area contributed by atoms with Crippen molar-refractivity contribution < 1.29 is 19.1 Å². The molecule has 1 rings (SSSR count). The summed E-state index contributed by atoms with van der Waals surface area (Å²) >= 11 is 1.30. The lowest BCUT2D eigenvalue weighted by Crippen LogP contribution is -2.42. The van der Waals surface area contributed by atoms with E-state index in [-0.39, 0.29) is 5.75 Å². The fraction of sp³-hybridized carbons (Fsp3) is 0.250. The van der Waals surface area contributed by atoms with Gasteiger partial charge in [0.25, 0.3) is 5.91 Å². The van der Waals surface area contributed by atoms with Crippen LogP contribution >= 0.6 is 11.8 Å². The van der Waals surface area contributed by atoms with Gasteiger partial charge in [-0.2, -0.15) is 0 Å². The summed E-state index contributed by atoms with van der Waals surface area (Å²) in [7, 11) is 0. The van der Waals surface area contributed by atoms with E-state index in [2.05, 4.69) is 0 Å². The van der Waals surface area contributed by atoms with E-state index in [0.29, 0.717) is 0 Å². The van der Waals surface area contributed by atoms with Crippen molar-refractivity contribution in [1.82, 2.24) is 5.32 Å². The number of nitrogens with one attached hydrogen (secondary N) is 1. The Labute approximate surface area is 114 Å². The number of primary amides is 1. The molecular weight excluding hydrogens is 268 g/mol. The highest BCUT2D eigenvalue weighted by Crippen LogP contribution is 2.17. The number of imide groups is 1. The van der Waals surface area contributed by atoms with Crippen molar-refractivity contribution in [2.45, 2.75) is 17.9 Å². The monoisotopic (exact) mass is 282 g/mol. The van der Waals surface area contributed by atoms with Gasteiger partial charge < -0.3 is 10.5 Å². The number of nitrogens with two attached hydrogens (primary N) is 1. The van der Waals surface area contributed by atoms with Crippen molar-refractivity contribution in [3.63, 3.8) is 0 Å². The van der Waals surface area contributed by atoms with Gasteiger partial charge in [-0.1, -0.05) is 18.2 Å². The van der Waals surface area contributed by atoms with E-state index >= 15 is 0 Å². The molecule has 0 unspecified atom stereocenters. The predicted octanol–water partition coefficient (Wildman–Crippen LogP) is 0.905. The molecule has 1 aromatic rings. The minimum absolute atomic E-state index is 0.0816. The highest BCUT2D eigenvalue weighted by Gasteiger charge is 2.18. The first-order valence-corrected chi connectivity index (χ1v) is 6.45. The van der Waals surface area contributed by atoms with Gasteiger partial charge in [0.2, 0.25) is 0 Å². The highest BCUT2D eigenvalue weighted by molar-refractivity contribution is 8.00. The number of thioether (sulfide) groups is 1. The number of amides is 3. The summed E-state index contributed by atoms with van der Waals surface area (Å²) in [5.41, 5.74) is 4.78. The topological polar surface area (TPSA) is 98.5 Å². The molecule has 0 radical (unpaired) electrons. The summed E-state index contributed by atoms with van der Waals surface area (Å²) < 4.78 is 4.86. The van der Waals surface area contributed by atoms with E-state index < -0.39 is 24.0 Å². The van der Waals surface area contributed by atoms with Crippen LogP contribution in [0.25, 0.3) is 0 Å². The number of urea groups is 1. The Morgan fingerprint density at radius 1 is 1.32 bits per heavy atom. The summed E-state index contributed by atoms with van der Waals surface area (Å²) in [4.78, 5) is 34.1. The van der Waals surface area contributed by atoms with Gasteiger partial charge in [0.1, 0.15) is 0 Å². The van der Waals surface area contributed by atoms with Crippen LogP contribution in [0.4, 0.5) is 4.79 Å². The second-order valence-electron chi connectivity index (χ2n) is 3.59. The molecule has 0 aliphatic heterocycles. The molecule has 7 heteroatoms. The van der Waals surface area contributed by atoms with Crippen molar-refractivity contribution in [2.75, 3.05) is 5.75 Å². The Morgan fingerprint density at radius 2 is 1.95 bits per heavy atom. The Balaban J connectivity index is 2.35. The zero-order valence-corrected chi connectivity index (χ0v) is 11.1. The molecule has 1 aromatic carbocycles. The second-order valence-corrected chi connectivity index (χ2v) is 4.64. The number of ether oxygens (including phenoxy) is 1. The maximum absolute atomic E-state index is 11.5. The van der Waals surface area contributed by atoms with Gasteiger partial charge in [0.05, 0.1) is 5.75 Å². The fourth-order valence-corrected chi connectivity index (χ4v) is 1.87. The van der Waals surface area contributed by atoms with Crippen LogP contribution in [0.3, 0.4) is 0 Å². The van der Waals surface area contributed by atoms with Crippen LogP contribution in [-0.4, -0.2) is 29.8 Å². The van der Waals surface area contributed by atoms with Crippen LogP contribution in [0.15, 0.2) is 35.2 Å². The molecule has 6 nitrogen and oxygen atoms in total. The number of carbonyl (C=O) groups excluding carboxylic acids is 3. The zero-order valence-electron chi connectivity index (χ0n) is 10.3. The van der Waals surface area contributed by atoms with E-state index in [0.717, 1.165) is 4.90 Å². The lowest BCUT2D eigenvalue weighted by molar-refractivity contribution is -0.151. The van der Waals surface area contributed by atoms with E-state index in [9.17, 15) is 14.4 Å². The van der Waals surface area contributed by atoms with Gasteiger partial charge in [0, 0.05) is 4.90 Å². The molecule has 0 aliphatic carbocycles. The van der Waals surface area contributed by atoms with Crippen LogP contribution in [0.2, 0.25) is 0 Å². The van der Waals surface area contributed by atoms with Gasteiger partial charge >= 0.3 is 12.0 Å². The van der Waals surface area contributed by atoms with Crippen molar-refractivity contribution in [2.24, 2.45) is 5.73 Å². The molecular formula is C12H14N2O4S. The Hall–Kier alpha value is -2.02. The molecule has 102 valence electrons. The van der Waals surface area contributed by atoms with Gasteiger partial charge in [-0.3, -0.25) is 14.9 Å². The smallest absolute Gasteiger partial charge is 0.318 e. The summed E-state index contributed by atoms with van der Waals surface area (Å²) in [5.74, 6) is -1.20. The zero-order chi connectivity index (χ0) is 14.3. The Morgan fingerprint density at radius 3 is 2.53 bits per heavy atom. The summed E-state index contributed by atoms with van der Waals surface area (Å²) in [6.07, 6.45) is -1.06. The van der Waals surface area contributed by atoms with Gasteiger partial charge in [-0.25, -0.2) is 4.79 Å². The number of benzene rings is 1. The average Bonchev–Trinajstić information content (AvgIpc) is 2.36. The molecule has 1 atom stereocenters. The van der Waals surface area contributed by atoms with Crippen LogP contribution in [-0.2, 0) is 14.3 Å². The molecule has 0 saturated carbocycles. The Bertz CT molecular complexity index is 464. The molecule has 0 heterocycles. The van der Waals surface area contributed by atoms with Crippen molar-refractivity contribution in [3.8, 4) is 0 Å². The lowest BCUT2D eigenvalue weighted by Gasteiger charge is -2.11. The second kappa shape index (κ2) is 7.42. The van der Waals surface area contributed by atoms with E-state index in [1.807, 2.05) is 35.6 Å². The number of esters is 1. The largest absolute Gasteiger partial charge is 0.452 e. The van der Waals surface area contributed by atoms with E-state index in [1.165, 1.54) is 18.7 Å². The van der Waals surface area contributed by atoms with Crippen LogP contribution in [0, 0.1) is 0 Å². The maximum atomic E-state index is 11.5. The molecule has 0 bridgehead atoms. The quantitative estimate of drug-likeness (QED) is 0.617. The van der Waals surface area contributed by atoms with Crippen molar-refractivity contribution in [3.05, 3.63) is 30.3 Å². The molecule has 19 heavy (non-hydrogen) atoms. The lowest BCUT2D eigenvalue weighted by atomic mass is 10.4. The van der Waals surface area contributed by atoms with Gasteiger partial charge in [0.15, 0.2) is 6.10 Å². The molecule has 0 spiro atoms. The number of carbonyl (C=O) groups is 3. The summed E-state index contributed by atoms with van der Waals surface area (Å²) in [5, 5.41) is 1.84. The normalized spacial score (nSPS) is 11.4. The van der Waals surface area contributed by atoms with Gasteiger partial charge in [-0.05, 0) is 19.1 Å². The first-order chi connectivity index (χ1) is 8.99. The first-order valence-electron chi connectivity index (χ1n) is 5.46. The standard InChI is InChI=1S/C12H14N2O4S/c1-8(11(16)14-12(13)17)18-10(15)7-19-9-5-3-2-4-6-9/h2-6,8H,7H2,1H3,(H3,13,14,16,17)/t8-/m1/s1. The van der Waals surface area contributed by atoms with Crippen LogP contribution in [0.5, 0.6) is 0 Å². The molecule has 0 fully saturated rings. The molecule has 0 aromatic heterocycles. The number of rotatable bonds is 5. The minimum atomic E-state index is -1.06. The molecule has 3 amide bonds. The SMILES string of the molecule is C[C@@H](OC(=O)CSc1ccccc1)C(=O)NC(N)=O. The predicted molar refractivity (Wildman–Crippen MR) is 70.4 cm³/mol. The van der Waals surface area contributed by atoms with Gasteiger partial charge in [-0.15, -0.1) is 11.8 Å². The number of hydrogen-bond acceptors (Lipinski definition) is 5. The Kier molecular flexibility index (Phi) is 5.87.